The van der Waals surface area contributed by atoms with Gasteiger partial charge in [0.15, 0.2) is 0 Å². The van der Waals surface area contributed by atoms with Gasteiger partial charge in [0, 0.05) is 18.0 Å². The minimum absolute atomic E-state index is 0.0657. The van der Waals surface area contributed by atoms with E-state index in [0.717, 1.165) is 23.0 Å². The van der Waals surface area contributed by atoms with Gasteiger partial charge in [-0.3, -0.25) is 9.89 Å². The van der Waals surface area contributed by atoms with Crippen molar-refractivity contribution in [1.29, 1.82) is 0 Å². The highest BCUT2D eigenvalue weighted by Crippen LogP contribution is 2.38. The van der Waals surface area contributed by atoms with E-state index in [1.165, 1.54) is 6.33 Å². The maximum absolute atomic E-state index is 13.2. The Balaban J connectivity index is 1.40. The topological polar surface area (TPSA) is 121 Å². The predicted molar refractivity (Wildman–Crippen MR) is 117 cm³/mol. The van der Waals surface area contributed by atoms with E-state index < -0.39 is 0 Å². The summed E-state index contributed by atoms with van der Waals surface area (Å²) in [5.74, 6) is 1.13. The number of aromatic amines is 2. The number of methoxy groups -OCH3 is 1. The normalized spacial score (nSPS) is 20.1. The summed E-state index contributed by atoms with van der Waals surface area (Å²) < 4.78 is 11.8. The lowest BCUT2D eigenvalue weighted by atomic mass is 10.2. The minimum Gasteiger partial charge on any atom is -0.494 e. The SMILES string of the molecule is COc1cc2[nH]ncc2cc1Nc1ncnc2[nH]c(C(=O)N3C[C@H]4C[C@@H]3CO4)c(Br)c12. The van der Waals surface area contributed by atoms with Gasteiger partial charge < -0.3 is 24.7 Å². The second-order valence-electron chi connectivity index (χ2n) is 7.70. The van der Waals surface area contributed by atoms with Crippen molar-refractivity contribution in [2.75, 3.05) is 25.6 Å². The Hall–Kier alpha value is -3.18. The number of morpholine rings is 1. The maximum Gasteiger partial charge on any atom is 0.271 e. The zero-order chi connectivity index (χ0) is 21.1. The van der Waals surface area contributed by atoms with Gasteiger partial charge >= 0.3 is 0 Å². The summed E-state index contributed by atoms with van der Waals surface area (Å²) in [5, 5.41) is 12.0. The number of carbonyl (C=O) groups is 1. The van der Waals surface area contributed by atoms with Crippen LogP contribution in [0.2, 0.25) is 0 Å². The Morgan fingerprint density at radius 1 is 1.39 bits per heavy atom. The van der Waals surface area contributed by atoms with Crippen molar-refractivity contribution in [3.63, 3.8) is 0 Å². The van der Waals surface area contributed by atoms with E-state index in [1.54, 1.807) is 13.3 Å². The first-order valence-corrected chi connectivity index (χ1v) is 10.6. The zero-order valence-corrected chi connectivity index (χ0v) is 18.1. The lowest BCUT2D eigenvalue weighted by Crippen LogP contribution is -2.41. The Bertz CT molecular complexity index is 1330. The number of fused-ring (bicyclic) bond motifs is 4. The van der Waals surface area contributed by atoms with Crippen molar-refractivity contribution in [3.05, 3.63) is 34.8 Å². The summed E-state index contributed by atoms with van der Waals surface area (Å²) in [6.07, 6.45) is 4.23. The molecule has 2 aliphatic rings. The number of aromatic nitrogens is 5. The highest BCUT2D eigenvalue weighted by Gasteiger charge is 2.42. The first-order valence-electron chi connectivity index (χ1n) is 9.85. The van der Waals surface area contributed by atoms with Gasteiger partial charge in [-0.1, -0.05) is 0 Å². The van der Waals surface area contributed by atoms with E-state index in [9.17, 15) is 4.79 Å². The van der Waals surface area contributed by atoms with Crippen molar-refractivity contribution in [1.82, 2.24) is 30.0 Å². The molecule has 3 N–H and O–H groups in total. The highest BCUT2D eigenvalue weighted by molar-refractivity contribution is 9.10. The van der Waals surface area contributed by atoms with E-state index in [2.05, 4.69) is 46.4 Å². The molecule has 10 nitrogen and oxygen atoms in total. The van der Waals surface area contributed by atoms with Crippen molar-refractivity contribution in [2.24, 2.45) is 0 Å². The summed E-state index contributed by atoms with van der Waals surface area (Å²) in [4.78, 5) is 27.0. The largest absolute Gasteiger partial charge is 0.494 e. The van der Waals surface area contributed by atoms with E-state index in [0.29, 0.717) is 45.9 Å². The molecule has 6 rings (SSSR count). The molecule has 0 spiro atoms. The number of carbonyl (C=O) groups excluding carboxylic acids is 1. The molecule has 31 heavy (non-hydrogen) atoms. The summed E-state index contributed by atoms with van der Waals surface area (Å²) in [6.45, 7) is 1.21. The summed E-state index contributed by atoms with van der Waals surface area (Å²) >= 11 is 3.61. The third-order valence-electron chi connectivity index (χ3n) is 5.92. The second-order valence-corrected chi connectivity index (χ2v) is 8.49. The number of likely N-dealkylation sites (tertiary alicyclic amines) is 1. The lowest BCUT2D eigenvalue weighted by Gasteiger charge is -2.26. The smallest absolute Gasteiger partial charge is 0.271 e. The molecule has 5 heterocycles. The second kappa shape index (κ2) is 6.92. The third kappa shape index (κ3) is 2.87. The predicted octanol–water partition coefficient (Wildman–Crippen LogP) is 2.96. The third-order valence-corrected chi connectivity index (χ3v) is 6.71. The average Bonchev–Trinajstić information content (AvgIpc) is 3.56. The fraction of sp³-hybridized carbons (Fsp3) is 0.300. The van der Waals surface area contributed by atoms with Gasteiger partial charge in [0.25, 0.3) is 5.91 Å². The molecule has 0 saturated carbocycles. The van der Waals surface area contributed by atoms with Crippen LogP contribution in [-0.2, 0) is 4.74 Å². The van der Waals surface area contributed by atoms with E-state index in [1.807, 2.05) is 17.0 Å². The van der Waals surface area contributed by atoms with Crippen molar-refractivity contribution in [3.8, 4) is 5.75 Å². The van der Waals surface area contributed by atoms with Crippen LogP contribution in [0.3, 0.4) is 0 Å². The molecule has 11 heteroatoms. The van der Waals surface area contributed by atoms with Crippen LogP contribution in [0.15, 0.2) is 29.1 Å². The number of halogens is 1. The molecule has 0 aliphatic carbocycles. The van der Waals surface area contributed by atoms with Gasteiger partial charge in [-0.15, -0.1) is 0 Å². The van der Waals surface area contributed by atoms with Crippen LogP contribution < -0.4 is 10.1 Å². The maximum atomic E-state index is 13.2. The van der Waals surface area contributed by atoms with Crippen molar-refractivity contribution >= 4 is 55.3 Å². The van der Waals surface area contributed by atoms with Crippen LogP contribution in [0, 0.1) is 0 Å². The van der Waals surface area contributed by atoms with Crippen LogP contribution in [0.1, 0.15) is 16.9 Å². The van der Waals surface area contributed by atoms with Gasteiger partial charge in [-0.2, -0.15) is 5.10 Å². The monoisotopic (exact) mass is 483 g/mol. The highest BCUT2D eigenvalue weighted by atomic mass is 79.9. The Kier molecular flexibility index (Phi) is 4.15. The van der Waals surface area contributed by atoms with Crippen LogP contribution in [0.25, 0.3) is 21.9 Å². The number of nitrogens with one attached hydrogen (secondary N) is 3. The van der Waals surface area contributed by atoms with Crippen LogP contribution in [-0.4, -0.2) is 68.4 Å². The number of hydrogen-bond donors (Lipinski definition) is 3. The molecular formula is C20H18BrN7O3. The van der Waals surface area contributed by atoms with Gasteiger partial charge in [-0.05, 0) is 28.4 Å². The first-order chi connectivity index (χ1) is 15.1. The van der Waals surface area contributed by atoms with Crippen LogP contribution in [0.5, 0.6) is 5.75 Å². The number of rotatable bonds is 4. The number of benzene rings is 1. The summed E-state index contributed by atoms with van der Waals surface area (Å²) in [6, 6.07) is 3.93. The Labute approximate surface area is 184 Å². The van der Waals surface area contributed by atoms with E-state index in [-0.39, 0.29) is 18.1 Å². The fourth-order valence-electron chi connectivity index (χ4n) is 4.39. The van der Waals surface area contributed by atoms with Crippen molar-refractivity contribution < 1.29 is 14.3 Å². The molecule has 4 aromatic rings. The Morgan fingerprint density at radius 2 is 2.29 bits per heavy atom. The van der Waals surface area contributed by atoms with Crippen LogP contribution >= 0.6 is 15.9 Å². The number of hydrogen-bond acceptors (Lipinski definition) is 7. The molecule has 0 unspecified atom stereocenters. The minimum atomic E-state index is -0.0657. The average molecular weight is 484 g/mol. The molecule has 2 fully saturated rings. The molecule has 1 amide bonds. The van der Waals surface area contributed by atoms with E-state index in [4.69, 9.17) is 9.47 Å². The van der Waals surface area contributed by atoms with Gasteiger partial charge in [0.05, 0.1) is 53.1 Å². The molecule has 2 bridgehead atoms. The molecule has 2 saturated heterocycles. The Morgan fingerprint density at radius 3 is 3.06 bits per heavy atom. The molecule has 3 aromatic heterocycles. The molecule has 2 atom stereocenters. The van der Waals surface area contributed by atoms with Gasteiger partial charge in [-0.25, -0.2) is 9.97 Å². The van der Waals surface area contributed by atoms with Gasteiger partial charge in [0.1, 0.15) is 29.2 Å². The lowest BCUT2D eigenvalue weighted by molar-refractivity contribution is 0.0255. The fourth-order valence-corrected chi connectivity index (χ4v) is 5.03. The van der Waals surface area contributed by atoms with E-state index >= 15 is 0 Å². The zero-order valence-electron chi connectivity index (χ0n) is 16.5. The summed E-state index contributed by atoms with van der Waals surface area (Å²) in [5.41, 5.74) is 2.63. The quantitative estimate of drug-likeness (QED) is 0.407. The van der Waals surface area contributed by atoms with Gasteiger partial charge in [0.2, 0.25) is 0 Å². The molecule has 1 aromatic carbocycles. The number of ether oxygens (including phenoxy) is 2. The molecule has 158 valence electrons. The molecular weight excluding hydrogens is 466 g/mol. The van der Waals surface area contributed by atoms with Crippen molar-refractivity contribution in [2.45, 2.75) is 18.6 Å². The van der Waals surface area contributed by atoms with Crippen LogP contribution in [0.4, 0.5) is 11.5 Å². The number of amides is 1. The molecule has 0 radical (unpaired) electrons. The summed E-state index contributed by atoms with van der Waals surface area (Å²) in [7, 11) is 1.61. The number of nitrogens with zero attached hydrogens (tertiary/aromatic N) is 4. The first kappa shape index (κ1) is 18.6. The standard InChI is InChI=1S/C20H18BrN7O3/c1-30-14-4-12-9(5-24-27-12)2-13(14)25-18-15-16(21)17(26-19(15)23-8-22-18)20(29)28-6-11-3-10(28)7-31-11/h2,4-5,8,10-11H,3,6-7H2,1H3,(H,24,27)(H2,22,23,25,26)/t10-,11-/m1/s1. The number of H-pyrrole nitrogens is 2. The molecule has 2 aliphatic heterocycles. The number of anilines is 2.